The van der Waals surface area contributed by atoms with Crippen molar-refractivity contribution in [1.82, 2.24) is 5.32 Å². The predicted octanol–water partition coefficient (Wildman–Crippen LogP) is -0.280. The number of carboxylic acids is 1. The zero-order valence-electron chi connectivity index (χ0n) is 9.73. The third-order valence-corrected chi connectivity index (χ3v) is 2.21. The second-order valence-electron chi connectivity index (χ2n) is 3.66. The maximum absolute atomic E-state index is 11.5. The maximum Gasteiger partial charge on any atom is 0.303 e. The molecule has 0 saturated carbocycles. The lowest BCUT2D eigenvalue weighted by Gasteiger charge is -2.17. The minimum absolute atomic E-state index is 0.0731. The van der Waals surface area contributed by atoms with Gasteiger partial charge in [0.05, 0.1) is 0 Å². The van der Waals surface area contributed by atoms with E-state index in [0.29, 0.717) is 12.8 Å². The van der Waals surface area contributed by atoms with Crippen LogP contribution in [0.5, 0.6) is 0 Å². The summed E-state index contributed by atoms with van der Waals surface area (Å²) in [7, 11) is 1.42. The fraction of sp³-hybridized carbons (Fsp3) is 0.800. The van der Waals surface area contributed by atoms with E-state index in [9.17, 15) is 9.59 Å². The monoisotopic (exact) mass is 232 g/mol. The first-order valence-corrected chi connectivity index (χ1v) is 5.26. The van der Waals surface area contributed by atoms with Gasteiger partial charge in [0.1, 0.15) is 6.10 Å². The number of aliphatic carboxylic acids is 1. The van der Waals surface area contributed by atoms with Crippen LogP contribution in [0.15, 0.2) is 0 Å². The molecule has 4 N–H and O–H groups in total. The molecule has 0 aliphatic heterocycles. The van der Waals surface area contributed by atoms with E-state index in [1.807, 2.05) is 6.92 Å². The van der Waals surface area contributed by atoms with E-state index in [0.717, 1.165) is 0 Å². The molecule has 2 unspecified atom stereocenters. The number of hydrogen-bond donors (Lipinski definition) is 3. The lowest BCUT2D eigenvalue weighted by Crippen LogP contribution is -2.44. The molecule has 0 aromatic heterocycles. The molecule has 0 aromatic carbocycles. The molecule has 0 spiro atoms. The zero-order chi connectivity index (χ0) is 12.6. The quantitative estimate of drug-likeness (QED) is 0.534. The summed E-state index contributed by atoms with van der Waals surface area (Å²) in [6.45, 7) is 1.95. The highest BCUT2D eigenvalue weighted by atomic mass is 16.5. The smallest absolute Gasteiger partial charge is 0.303 e. The van der Waals surface area contributed by atoms with Crippen molar-refractivity contribution in [1.29, 1.82) is 0 Å². The van der Waals surface area contributed by atoms with Crippen LogP contribution in [-0.4, -0.2) is 42.8 Å². The molecule has 1 amide bonds. The van der Waals surface area contributed by atoms with E-state index in [4.69, 9.17) is 15.6 Å². The van der Waals surface area contributed by atoms with Crippen molar-refractivity contribution < 1.29 is 19.4 Å². The molecule has 0 aromatic rings. The SMILES string of the molecule is COC(CN)C(=O)NC(C)CCCC(=O)O. The lowest BCUT2D eigenvalue weighted by atomic mass is 10.1. The van der Waals surface area contributed by atoms with Gasteiger partial charge in [0.15, 0.2) is 0 Å². The van der Waals surface area contributed by atoms with E-state index in [-0.39, 0.29) is 24.9 Å². The van der Waals surface area contributed by atoms with Crippen molar-refractivity contribution in [2.24, 2.45) is 5.73 Å². The molecule has 94 valence electrons. The Bertz CT molecular complexity index is 229. The third kappa shape index (κ3) is 6.36. The molecule has 0 aliphatic rings. The Morgan fingerprint density at radius 2 is 2.12 bits per heavy atom. The summed E-state index contributed by atoms with van der Waals surface area (Å²) in [5.74, 6) is -1.08. The molecule has 0 rings (SSSR count). The lowest BCUT2D eigenvalue weighted by molar-refractivity contribution is -0.137. The van der Waals surface area contributed by atoms with E-state index >= 15 is 0 Å². The molecule has 16 heavy (non-hydrogen) atoms. The van der Waals surface area contributed by atoms with Crippen LogP contribution >= 0.6 is 0 Å². The number of hydrogen-bond acceptors (Lipinski definition) is 4. The Morgan fingerprint density at radius 1 is 1.50 bits per heavy atom. The highest BCUT2D eigenvalue weighted by molar-refractivity contribution is 5.81. The Hall–Kier alpha value is -1.14. The van der Waals surface area contributed by atoms with Crippen LogP contribution in [-0.2, 0) is 14.3 Å². The van der Waals surface area contributed by atoms with Crippen LogP contribution in [0.4, 0.5) is 0 Å². The number of carboxylic acid groups (broad SMARTS) is 1. The van der Waals surface area contributed by atoms with Crippen molar-refractivity contribution in [3.63, 3.8) is 0 Å². The molecule has 0 aliphatic carbocycles. The number of rotatable bonds is 8. The Kier molecular flexibility index (Phi) is 7.49. The second-order valence-corrected chi connectivity index (χ2v) is 3.66. The maximum atomic E-state index is 11.5. The molecular weight excluding hydrogens is 212 g/mol. The number of ether oxygens (including phenoxy) is 1. The highest BCUT2D eigenvalue weighted by Crippen LogP contribution is 2.01. The second kappa shape index (κ2) is 8.06. The van der Waals surface area contributed by atoms with Crippen molar-refractivity contribution >= 4 is 11.9 Å². The van der Waals surface area contributed by atoms with Gasteiger partial charge in [0, 0.05) is 26.1 Å². The van der Waals surface area contributed by atoms with Gasteiger partial charge in [-0.2, -0.15) is 0 Å². The van der Waals surface area contributed by atoms with Gasteiger partial charge in [-0.1, -0.05) is 0 Å². The number of methoxy groups -OCH3 is 1. The molecular formula is C10H20N2O4. The van der Waals surface area contributed by atoms with Crippen molar-refractivity contribution in [2.45, 2.75) is 38.3 Å². The predicted molar refractivity (Wildman–Crippen MR) is 58.9 cm³/mol. The fourth-order valence-corrected chi connectivity index (χ4v) is 1.28. The van der Waals surface area contributed by atoms with E-state index in [1.54, 1.807) is 0 Å². The minimum Gasteiger partial charge on any atom is -0.481 e. The molecule has 0 heterocycles. The van der Waals surface area contributed by atoms with Gasteiger partial charge in [-0.3, -0.25) is 9.59 Å². The summed E-state index contributed by atoms with van der Waals surface area (Å²) >= 11 is 0. The Morgan fingerprint density at radius 3 is 2.56 bits per heavy atom. The third-order valence-electron chi connectivity index (χ3n) is 2.21. The van der Waals surface area contributed by atoms with Gasteiger partial charge in [-0.05, 0) is 19.8 Å². The van der Waals surface area contributed by atoms with E-state index in [1.165, 1.54) is 7.11 Å². The van der Waals surface area contributed by atoms with Crippen LogP contribution in [0, 0.1) is 0 Å². The fourth-order valence-electron chi connectivity index (χ4n) is 1.28. The number of nitrogens with two attached hydrogens (primary N) is 1. The van der Waals surface area contributed by atoms with E-state index in [2.05, 4.69) is 5.32 Å². The van der Waals surface area contributed by atoms with E-state index < -0.39 is 12.1 Å². The van der Waals surface area contributed by atoms with Crippen LogP contribution in [0.1, 0.15) is 26.2 Å². The van der Waals surface area contributed by atoms with Gasteiger partial charge in [0.25, 0.3) is 5.91 Å². The van der Waals surface area contributed by atoms with Crippen molar-refractivity contribution in [2.75, 3.05) is 13.7 Å². The van der Waals surface area contributed by atoms with Crippen LogP contribution < -0.4 is 11.1 Å². The molecule has 0 bridgehead atoms. The van der Waals surface area contributed by atoms with Gasteiger partial charge in [0.2, 0.25) is 0 Å². The number of carbonyl (C=O) groups excluding carboxylic acids is 1. The topological polar surface area (TPSA) is 102 Å². The Balaban J connectivity index is 3.81. The number of carbonyl (C=O) groups is 2. The summed E-state index contributed by atoms with van der Waals surface area (Å²) in [6.07, 6.45) is 0.642. The van der Waals surface area contributed by atoms with Crippen LogP contribution in [0.25, 0.3) is 0 Å². The van der Waals surface area contributed by atoms with Crippen LogP contribution in [0.3, 0.4) is 0 Å². The standard InChI is InChI=1S/C10H20N2O4/c1-7(4-3-5-9(13)14)12-10(15)8(6-11)16-2/h7-8H,3-6,11H2,1-2H3,(H,12,15)(H,13,14). The minimum atomic E-state index is -0.824. The summed E-state index contributed by atoms with van der Waals surface area (Å²) in [5, 5.41) is 11.2. The first-order chi connectivity index (χ1) is 7.51. The molecule has 6 nitrogen and oxygen atoms in total. The average Bonchev–Trinajstić information content (AvgIpc) is 2.18. The van der Waals surface area contributed by atoms with Crippen molar-refractivity contribution in [3.05, 3.63) is 0 Å². The molecule has 6 heteroatoms. The van der Waals surface area contributed by atoms with Gasteiger partial charge in [-0.25, -0.2) is 0 Å². The van der Waals surface area contributed by atoms with Gasteiger partial charge in [-0.15, -0.1) is 0 Å². The zero-order valence-corrected chi connectivity index (χ0v) is 9.73. The van der Waals surface area contributed by atoms with Gasteiger partial charge >= 0.3 is 5.97 Å². The largest absolute Gasteiger partial charge is 0.481 e. The molecule has 0 radical (unpaired) electrons. The normalized spacial score (nSPS) is 14.2. The van der Waals surface area contributed by atoms with Crippen LogP contribution in [0.2, 0.25) is 0 Å². The molecule has 0 saturated heterocycles. The van der Waals surface area contributed by atoms with Crippen molar-refractivity contribution in [3.8, 4) is 0 Å². The summed E-state index contributed by atoms with van der Waals surface area (Å²) in [5.41, 5.74) is 5.34. The molecule has 0 fully saturated rings. The summed E-state index contributed by atoms with van der Waals surface area (Å²) < 4.78 is 4.87. The Labute approximate surface area is 95.1 Å². The average molecular weight is 232 g/mol. The number of nitrogens with one attached hydrogen (secondary N) is 1. The summed E-state index contributed by atoms with van der Waals surface area (Å²) in [4.78, 5) is 21.8. The first-order valence-electron chi connectivity index (χ1n) is 5.26. The highest BCUT2D eigenvalue weighted by Gasteiger charge is 2.17. The van der Waals surface area contributed by atoms with Gasteiger partial charge < -0.3 is 20.9 Å². The molecule has 2 atom stereocenters. The number of amides is 1. The first kappa shape index (κ1) is 14.9. The summed E-state index contributed by atoms with van der Waals surface area (Å²) in [6, 6.07) is -0.0731.